The van der Waals surface area contributed by atoms with Crippen molar-refractivity contribution >= 4 is 12.0 Å². The molecule has 1 amide bonds. The Labute approximate surface area is 127 Å². The molecule has 0 aliphatic heterocycles. The largest absolute Gasteiger partial charge is 0.350 e. The quantitative estimate of drug-likeness (QED) is 0.858. The van der Waals surface area contributed by atoms with E-state index in [4.69, 9.17) is 0 Å². The van der Waals surface area contributed by atoms with Gasteiger partial charge in [-0.3, -0.25) is 9.78 Å². The van der Waals surface area contributed by atoms with Crippen molar-refractivity contribution in [3.8, 4) is 0 Å². The molecule has 1 saturated carbocycles. The lowest BCUT2D eigenvalue weighted by molar-refractivity contribution is -0.118. The van der Waals surface area contributed by atoms with Crippen molar-refractivity contribution in [3.05, 3.63) is 36.2 Å². The van der Waals surface area contributed by atoms with Crippen molar-refractivity contribution in [2.75, 3.05) is 0 Å². The number of pyridine rings is 1. The van der Waals surface area contributed by atoms with Gasteiger partial charge >= 0.3 is 0 Å². The van der Waals surface area contributed by atoms with Crippen LogP contribution in [0.1, 0.15) is 45.6 Å². The van der Waals surface area contributed by atoms with Crippen LogP contribution >= 0.6 is 0 Å². The first kappa shape index (κ1) is 15.7. The lowest BCUT2D eigenvalue weighted by atomic mass is 9.74. The third kappa shape index (κ3) is 4.69. The normalized spacial score (nSPS) is 26.2. The van der Waals surface area contributed by atoms with E-state index in [0.29, 0.717) is 23.8 Å². The molecule has 1 aromatic heterocycles. The average molecular weight is 286 g/mol. The van der Waals surface area contributed by atoms with Crippen LogP contribution in [0.25, 0.3) is 6.08 Å². The van der Waals surface area contributed by atoms with Crippen molar-refractivity contribution in [1.29, 1.82) is 0 Å². The van der Waals surface area contributed by atoms with Gasteiger partial charge in [-0.25, -0.2) is 0 Å². The summed E-state index contributed by atoms with van der Waals surface area (Å²) in [4.78, 5) is 16.1. The predicted molar refractivity (Wildman–Crippen MR) is 86.5 cm³/mol. The Hall–Kier alpha value is -1.64. The van der Waals surface area contributed by atoms with Gasteiger partial charge in [0.15, 0.2) is 0 Å². The van der Waals surface area contributed by atoms with Gasteiger partial charge < -0.3 is 5.32 Å². The van der Waals surface area contributed by atoms with Gasteiger partial charge in [0.05, 0.1) is 0 Å². The number of aromatic nitrogens is 1. The van der Waals surface area contributed by atoms with E-state index in [0.717, 1.165) is 12.0 Å². The first-order valence-corrected chi connectivity index (χ1v) is 7.95. The fourth-order valence-electron chi connectivity index (χ4n) is 3.25. The van der Waals surface area contributed by atoms with Crippen LogP contribution in [0.15, 0.2) is 30.6 Å². The maximum absolute atomic E-state index is 12.1. The molecule has 1 N–H and O–H groups in total. The summed E-state index contributed by atoms with van der Waals surface area (Å²) in [6.45, 7) is 6.79. The maximum Gasteiger partial charge on any atom is 0.244 e. The minimum absolute atomic E-state index is 0.0107. The second-order valence-corrected chi connectivity index (χ2v) is 6.56. The summed E-state index contributed by atoms with van der Waals surface area (Å²) in [7, 11) is 0. The molecular formula is C18H26N2O. The molecule has 1 aromatic rings. The standard InChI is InChI=1S/C18H26N2O/c1-13(2)16-6-4-14(3)12-17(16)20-18(21)7-5-15-8-10-19-11-9-15/h5,7-11,13-14,16-17H,4,6,12H2,1-3H3,(H,20,21)/b7-5+. The van der Waals surface area contributed by atoms with Crippen molar-refractivity contribution in [2.45, 2.75) is 46.1 Å². The maximum atomic E-state index is 12.1. The highest BCUT2D eigenvalue weighted by atomic mass is 16.1. The van der Waals surface area contributed by atoms with E-state index in [-0.39, 0.29) is 5.91 Å². The minimum Gasteiger partial charge on any atom is -0.350 e. The first-order valence-electron chi connectivity index (χ1n) is 7.95. The molecule has 3 nitrogen and oxygen atoms in total. The fraction of sp³-hybridized carbons (Fsp3) is 0.556. The summed E-state index contributed by atoms with van der Waals surface area (Å²) in [6.07, 6.45) is 10.5. The third-order valence-corrected chi connectivity index (χ3v) is 4.48. The third-order valence-electron chi connectivity index (χ3n) is 4.48. The number of amides is 1. The molecule has 3 heteroatoms. The number of hydrogen-bond donors (Lipinski definition) is 1. The molecule has 1 heterocycles. The van der Waals surface area contributed by atoms with Gasteiger partial charge in [0.1, 0.15) is 0 Å². The van der Waals surface area contributed by atoms with Crippen molar-refractivity contribution in [1.82, 2.24) is 10.3 Å². The van der Waals surface area contributed by atoms with Gasteiger partial charge in [-0.1, -0.05) is 27.2 Å². The Kier molecular flexibility index (Phi) is 5.54. The zero-order chi connectivity index (χ0) is 15.2. The van der Waals surface area contributed by atoms with Gasteiger partial charge in [0.25, 0.3) is 0 Å². The number of rotatable bonds is 4. The topological polar surface area (TPSA) is 42.0 Å². The number of nitrogens with zero attached hydrogens (tertiary/aromatic N) is 1. The van der Waals surface area contributed by atoms with Crippen LogP contribution in [-0.4, -0.2) is 16.9 Å². The number of carbonyl (C=O) groups is 1. The van der Waals surface area contributed by atoms with Crippen LogP contribution < -0.4 is 5.32 Å². The molecule has 21 heavy (non-hydrogen) atoms. The smallest absolute Gasteiger partial charge is 0.244 e. The summed E-state index contributed by atoms with van der Waals surface area (Å²) >= 11 is 0. The molecule has 114 valence electrons. The zero-order valence-electron chi connectivity index (χ0n) is 13.3. The van der Waals surface area contributed by atoms with Gasteiger partial charge in [-0.2, -0.15) is 0 Å². The molecule has 0 radical (unpaired) electrons. The van der Waals surface area contributed by atoms with E-state index in [9.17, 15) is 4.79 Å². The van der Waals surface area contributed by atoms with Crippen LogP contribution in [-0.2, 0) is 4.79 Å². The molecule has 0 saturated heterocycles. The van der Waals surface area contributed by atoms with Crippen LogP contribution in [0.5, 0.6) is 0 Å². The van der Waals surface area contributed by atoms with E-state index >= 15 is 0 Å². The number of hydrogen-bond acceptors (Lipinski definition) is 2. The summed E-state index contributed by atoms with van der Waals surface area (Å²) < 4.78 is 0. The van der Waals surface area contributed by atoms with Crippen LogP contribution in [0.4, 0.5) is 0 Å². The lowest BCUT2D eigenvalue weighted by Crippen LogP contribution is -2.45. The lowest BCUT2D eigenvalue weighted by Gasteiger charge is -2.37. The van der Waals surface area contributed by atoms with Gasteiger partial charge in [0, 0.05) is 24.5 Å². The van der Waals surface area contributed by atoms with Crippen molar-refractivity contribution in [3.63, 3.8) is 0 Å². The molecule has 3 atom stereocenters. The molecule has 0 bridgehead atoms. The van der Waals surface area contributed by atoms with Crippen molar-refractivity contribution < 1.29 is 4.79 Å². The predicted octanol–water partition coefficient (Wildman–Crippen LogP) is 3.67. The molecular weight excluding hydrogens is 260 g/mol. The van der Waals surface area contributed by atoms with Gasteiger partial charge in [0.2, 0.25) is 5.91 Å². The van der Waals surface area contributed by atoms with Crippen molar-refractivity contribution in [2.24, 2.45) is 17.8 Å². The average Bonchev–Trinajstić information content (AvgIpc) is 2.46. The fourth-order valence-corrected chi connectivity index (χ4v) is 3.25. The van der Waals surface area contributed by atoms with E-state index in [1.807, 2.05) is 18.2 Å². The molecule has 0 spiro atoms. The highest BCUT2D eigenvalue weighted by Crippen LogP contribution is 2.33. The van der Waals surface area contributed by atoms with E-state index in [1.54, 1.807) is 18.5 Å². The molecule has 3 unspecified atom stereocenters. The van der Waals surface area contributed by atoms with E-state index < -0.39 is 0 Å². The molecule has 1 fully saturated rings. The highest BCUT2D eigenvalue weighted by Gasteiger charge is 2.31. The first-order chi connectivity index (χ1) is 10.1. The number of nitrogens with one attached hydrogen (secondary N) is 1. The Morgan fingerprint density at radius 2 is 2.05 bits per heavy atom. The highest BCUT2D eigenvalue weighted by molar-refractivity contribution is 5.91. The second kappa shape index (κ2) is 7.39. The van der Waals surface area contributed by atoms with Crippen LogP contribution in [0, 0.1) is 17.8 Å². The minimum atomic E-state index is 0.0107. The molecule has 0 aromatic carbocycles. The zero-order valence-corrected chi connectivity index (χ0v) is 13.3. The molecule has 1 aliphatic carbocycles. The Balaban J connectivity index is 1.95. The SMILES string of the molecule is CC1CCC(C(C)C)C(NC(=O)/C=C/c2ccncc2)C1. The Morgan fingerprint density at radius 3 is 2.71 bits per heavy atom. The van der Waals surface area contributed by atoms with Gasteiger partial charge in [-0.15, -0.1) is 0 Å². The summed E-state index contributed by atoms with van der Waals surface area (Å²) in [5.41, 5.74) is 0.998. The number of carbonyl (C=O) groups excluding carboxylic acids is 1. The second-order valence-electron chi connectivity index (χ2n) is 6.56. The Morgan fingerprint density at radius 1 is 1.33 bits per heavy atom. The van der Waals surface area contributed by atoms with Crippen LogP contribution in [0.2, 0.25) is 0 Å². The summed E-state index contributed by atoms with van der Waals surface area (Å²) in [5.74, 6) is 1.93. The van der Waals surface area contributed by atoms with Gasteiger partial charge in [-0.05, 0) is 54.4 Å². The van der Waals surface area contributed by atoms with E-state index in [1.165, 1.54) is 12.8 Å². The molecule has 1 aliphatic rings. The molecule has 2 rings (SSSR count). The van der Waals surface area contributed by atoms with E-state index in [2.05, 4.69) is 31.1 Å². The summed E-state index contributed by atoms with van der Waals surface area (Å²) in [6, 6.07) is 4.09. The monoisotopic (exact) mass is 286 g/mol. The Bertz CT molecular complexity index is 481. The van der Waals surface area contributed by atoms with Crippen LogP contribution in [0.3, 0.4) is 0 Å². The summed E-state index contributed by atoms with van der Waals surface area (Å²) in [5, 5.41) is 3.21.